The van der Waals surface area contributed by atoms with E-state index < -0.39 is 12.1 Å². The van der Waals surface area contributed by atoms with Crippen molar-refractivity contribution < 1.29 is 19.1 Å². The predicted octanol–water partition coefficient (Wildman–Crippen LogP) is 2.50. The topological polar surface area (TPSA) is 55.8 Å². The van der Waals surface area contributed by atoms with Gasteiger partial charge in [-0.25, -0.2) is 4.79 Å². The summed E-state index contributed by atoms with van der Waals surface area (Å²) in [5.41, 5.74) is 2.76. The first-order valence-electron chi connectivity index (χ1n) is 7.78. The second-order valence-corrected chi connectivity index (χ2v) is 5.76. The van der Waals surface area contributed by atoms with E-state index in [0.717, 1.165) is 11.1 Å². The van der Waals surface area contributed by atoms with E-state index in [-0.39, 0.29) is 18.9 Å². The van der Waals surface area contributed by atoms with E-state index in [1.165, 1.54) is 7.11 Å². The number of carbonyl (C=O) groups is 2. The molecule has 1 atom stereocenters. The standard InChI is InChI=1S/C19H19NO4/c1-13-7-9-14(10-8-13)11-18(21)20-12-17(19(22)23-2)24-16-6-4-3-5-15(16)20/h3-10,17H,11-12H2,1-2H3. The number of nitrogens with zero attached hydrogens (tertiary/aromatic N) is 1. The quantitative estimate of drug-likeness (QED) is 0.814. The normalized spacial score (nSPS) is 16.1. The van der Waals surface area contributed by atoms with Crippen LogP contribution in [0.5, 0.6) is 5.75 Å². The number of hydrogen-bond acceptors (Lipinski definition) is 4. The maximum atomic E-state index is 12.8. The van der Waals surface area contributed by atoms with Crippen LogP contribution in [0.3, 0.4) is 0 Å². The molecule has 0 saturated heterocycles. The number of rotatable bonds is 3. The minimum Gasteiger partial charge on any atom is -0.475 e. The maximum absolute atomic E-state index is 12.8. The van der Waals surface area contributed by atoms with E-state index in [4.69, 9.17) is 9.47 Å². The molecule has 5 nitrogen and oxygen atoms in total. The van der Waals surface area contributed by atoms with E-state index in [1.54, 1.807) is 17.0 Å². The fraction of sp³-hybridized carbons (Fsp3) is 0.263. The molecule has 1 aliphatic rings. The van der Waals surface area contributed by atoms with Gasteiger partial charge in [-0.05, 0) is 24.6 Å². The molecular weight excluding hydrogens is 306 g/mol. The molecule has 1 heterocycles. The monoisotopic (exact) mass is 325 g/mol. The van der Waals surface area contributed by atoms with Gasteiger partial charge >= 0.3 is 5.97 Å². The summed E-state index contributed by atoms with van der Waals surface area (Å²) in [5.74, 6) is -0.0578. The van der Waals surface area contributed by atoms with Crippen LogP contribution < -0.4 is 9.64 Å². The Morgan fingerprint density at radius 1 is 1.17 bits per heavy atom. The first-order chi connectivity index (χ1) is 11.6. The van der Waals surface area contributed by atoms with Crippen molar-refractivity contribution in [2.75, 3.05) is 18.6 Å². The fourth-order valence-corrected chi connectivity index (χ4v) is 2.70. The third-order valence-electron chi connectivity index (χ3n) is 4.01. The van der Waals surface area contributed by atoms with E-state index >= 15 is 0 Å². The van der Waals surface area contributed by atoms with Crippen molar-refractivity contribution in [2.45, 2.75) is 19.4 Å². The van der Waals surface area contributed by atoms with Gasteiger partial charge in [0.25, 0.3) is 0 Å². The van der Waals surface area contributed by atoms with Gasteiger partial charge in [-0.3, -0.25) is 4.79 Å². The summed E-state index contributed by atoms with van der Waals surface area (Å²) in [4.78, 5) is 26.2. The lowest BCUT2D eigenvalue weighted by atomic mass is 10.1. The summed E-state index contributed by atoms with van der Waals surface area (Å²) < 4.78 is 10.4. The number of fused-ring (bicyclic) bond motifs is 1. The predicted molar refractivity (Wildman–Crippen MR) is 90.1 cm³/mol. The molecule has 0 radical (unpaired) electrons. The number of esters is 1. The summed E-state index contributed by atoms with van der Waals surface area (Å²) >= 11 is 0. The fourth-order valence-electron chi connectivity index (χ4n) is 2.70. The van der Waals surface area contributed by atoms with E-state index in [2.05, 4.69) is 0 Å². The second-order valence-electron chi connectivity index (χ2n) is 5.76. The number of methoxy groups -OCH3 is 1. The van der Waals surface area contributed by atoms with Gasteiger partial charge in [0.15, 0.2) is 0 Å². The van der Waals surface area contributed by atoms with Crippen molar-refractivity contribution in [3.63, 3.8) is 0 Å². The zero-order valence-electron chi connectivity index (χ0n) is 13.7. The Kier molecular flexibility index (Phi) is 4.51. The Morgan fingerprint density at radius 2 is 1.88 bits per heavy atom. The summed E-state index contributed by atoms with van der Waals surface area (Å²) in [6.45, 7) is 2.15. The van der Waals surface area contributed by atoms with E-state index in [9.17, 15) is 9.59 Å². The van der Waals surface area contributed by atoms with Gasteiger partial charge in [0.05, 0.1) is 25.8 Å². The van der Waals surface area contributed by atoms with Crippen LogP contribution in [0.15, 0.2) is 48.5 Å². The van der Waals surface area contributed by atoms with Crippen LogP contribution in [0.1, 0.15) is 11.1 Å². The smallest absolute Gasteiger partial charge is 0.348 e. The Balaban J connectivity index is 1.85. The minimum absolute atomic E-state index is 0.0801. The van der Waals surface area contributed by atoms with Crippen molar-refractivity contribution in [3.05, 3.63) is 59.7 Å². The number of benzene rings is 2. The zero-order chi connectivity index (χ0) is 17.1. The summed E-state index contributed by atoms with van der Waals surface area (Å²) in [7, 11) is 1.31. The van der Waals surface area contributed by atoms with Crippen LogP contribution in [0.2, 0.25) is 0 Å². The minimum atomic E-state index is -0.813. The molecule has 124 valence electrons. The first kappa shape index (κ1) is 16.1. The van der Waals surface area contributed by atoms with Crippen molar-refractivity contribution in [1.82, 2.24) is 0 Å². The first-order valence-corrected chi connectivity index (χ1v) is 7.78. The number of aryl methyl sites for hydroxylation is 1. The van der Waals surface area contributed by atoms with Crippen molar-refractivity contribution in [1.29, 1.82) is 0 Å². The molecule has 2 aromatic carbocycles. The van der Waals surface area contributed by atoms with Crippen molar-refractivity contribution in [2.24, 2.45) is 0 Å². The molecule has 0 fully saturated rings. The highest BCUT2D eigenvalue weighted by Crippen LogP contribution is 2.33. The summed E-state index contributed by atoms with van der Waals surface area (Å²) in [6, 6.07) is 15.1. The summed E-state index contributed by atoms with van der Waals surface area (Å²) in [5, 5.41) is 0. The van der Waals surface area contributed by atoms with Crippen molar-refractivity contribution in [3.8, 4) is 5.75 Å². The largest absolute Gasteiger partial charge is 0.475 e. The van der Waals surface area contributed by atoms with Gasteiger partial charge in [-0.1, -0.05) is 42.0 Å². The molecule has 0 N–H and O–H groups in total. The Bertz CT molecular complexity index is 754. The van der Waals surface area contributed by atoms with Crippen LogP contribution in [-0.4, -0.2) is 31.6 Å². The Hall–Kier alpha value is -2.82. The van der Waals surface area contributed by atoms with Crippen LogP contribution >= 0.6 is 0 Å². The van der Waals surface area contributed by atoms with Gasteiger partial charge in [0, 0.05) is 0 Å². The van der Waals surface area contributed by atoms with Gasteiger partial charge in [-0.2, -0.15) is 0 Å². The molecule has 5 heteroatoms. The summed E-state index contributed by atoms with van der Waals surface area (Å²) in [6.07, 6.45) is -0.547. The second kappa shape index (κ2) is 6.74. The molecule has 3 rings (SSSR count). The van der Waals surface area contributed by atoms with E-state index in [1.807, 2.05) is 43.3 Å². The highest BCUT2D eigenvalue weighted by Gasteiger charge is 2.34. The number of amides is 1. The molecule has 0 spiro atoms. The van der Waals surface area contributed by atoms with E-state index in [0.29, 0.717) is 11.4 Å². The third kappa shape index (κ3) is 3.25. The van der Waals surface area contributed by atoms with Gasteiger partial charge in [0.2, 0.25) is 12.0 Å². The van der Waals surface area contributed by atoms with Crippen LogP contribution in [0.4, 0.5) is 5.69 Å². The SMILES string of the molecule is COC(=O)C1CN(C(=O)Cc2ccc(C)cc2)c2ccccc2O1. The average molecular weight is 325 g/mol. The van der Waals surface area contributed by atoms with Gasteiger partial charge in [0.1, 0.15) is 5.75 Å². The zero-order valence-corrected chi connectivity index (χ0v) is 13.7. The number of anilines is 1. The lowest BCUT2D eigenvalue weighted by Crippen LogP contribution is -2.48. The third-order valence-corrected chi connectivity index (χ3v) is 4.01. The van der Waals surface area contributed by atoms with Crippen LogP contribution in [0.25, 0.3) is 0 Å². The Labute approximate surface area is 140 Å². The molecule has 0 bridgehead atoms. The number of hydrogen-bond donors (Lipinski definition) is 0. The van der Waals surface area contributed by atoms with Crippen LogP contribution in [0, 0.1) is 6.92 Å². The molecular formula is C19H19NO4. The van der Waals surface area contributed by atoms with Crippen molar-refractivity contribution >= 4 is 17.6 Å². The molecule has 0 aliphatic carbocycles. The highest BCUT2D eigenvalue weighted by atomic mass is 16.6. The number of ether oxygens (including phenoxy) is 2. The Morgan fingerprint density at radius 3 is 2.58 bits per heavy atom. The average Bonchev–Trinajstić information content (AvgIpc) is 2.62. The number of carbonyl (C=O) groups excluding carboxylic acids is 2. The van der Waals surface area contributed by atoms with Gasteiger partial charge in [-0.15, -0.1) is 0 Å². The maximum Gasteiger partial charge on any atom is 0.348 e. The van der Waals surface area contributed by atoms with Crippen LogP contribution in [-0.2, 0) is 20.7 Å². The molecule has 1 unspecified atom stereocenters. The lowest BCUT2D eigenvalue weighted by Gasteiger charge is -2.33. The molecule has 1 aliphatic heterocycles. The lowest BCUT2D eigenvalue weighted by molar-refractivity contribution is -0.148. The number of para-hydroxylation sites is 2. The molecule has 1 amide bonds. The molecule has 0 aromatic heterocycles. The highest BCUT2D eigenvalue weighted by molar-refractivity contribution is 5.97. The molecule has 24 heavy (non-hydrogen) atoms. The molecule has 0 saturated carbocycles. The molecule has 2 aromatic rings. The van der Waals surface area contributed by atoms with Gasteiger partial charge < -0.3 is 14.4 Å².